The van der Waals surface area contributed by atoms with Gasteiger partial charge in [-0.2, -0.15) is 0 Å². The third-order valence-corrected chi connectivity index (χ3v) is 2.52. The van der Waals surface area contributed by atoms with Crippen molar-refractivity contribution < 1.29 is 4.74 Å². The molecule has 80 valence electrons. The topological polar surface area (TPSA) is 50.7 Å². The normalized spacial score (nSPS) is 13.9. The van der Waals surface area contributed by atoms with Crippen molar-refractivity contribution in [3.05, 3.63) is 22.6 Å². The highest BCUT2D eigenvalue weighted by Gasteiger charge is 2.14. The third-order valence-electron chi connectivity index (χ3n) is 2.52. The van der Waals surface area contributed by atoms with Crippen molar-refractivity contribution in [1.82, 2.24) is 0 Å². The number of nitroso groups, excluding NO2 is 1. The molecule has 0 bridgehead atoms. The maximum absolute atomic E-state index is 10.6. The van der Waals surface area contributed by atoms with Crippen LogP contribution >= 0.6 is 0 Å². The van der Waals surface area contributed by atoms with E-state index >= 15 is 0 Å². The van der Waals surface area contributed by atoms with Crippen molar-refractivity contribution in [2.75, 3.05) is 18.5 Å². The molecule has 0 atom stereocenters. The largest absolute Gasteiger partial charge is 0.491 e. The van der Waals surface area contributed by atoms with Crippen LogP contribution in [0, 0.1) is 4.91 Å². The zero-order chi connectivity index (χ0) is 10.7. The molecular formula is C11H14N2O2. The summed E-state index contributed by atoms with van der Waals surface area (Å²) in [5.74, 6) is 0.593. The van der Waals surface area contributed by atoms with Crippen LogP contribution in [0.15, 0.2) is 17.3 Å². The quantitative estimate of drug-likeness (QED) is 0.773. The summed E-state index contributed by atoms with van der Waals surface area (Å²) in [4.78, 5) is 10.6. The summed E-state index contributed by atoms with van der Waals surface area (Å²) in [6.45, 7) is 3.40. The Balaban J connectivity index is 2.41. The predicted molar refractivity (Wildman–Crippen MR) is 59.9 cm³/mol. The van der Waals surface area contributed by atoms with E-state index in [4.69, 9.17) is 4.74 Å². The van der Waals surface area contributed by atoms with Crippen molar-refractivity contribution in [2.24, 2.45) is 5.18 Å². The maximum Gasteiger partial charge on any atom is 0.151 e. The highest BCUT2D eigenvalue weighted by atomic mass is 16.5. The molecule has 0 amide bonds. The molecule has 0 aromatic heterocycles. The first-order chi connectivity index (χ1) is 7.35. The van der Waals surface area contributed by atoms with E-state index in [1.165, 1.54) is 5.56 Å². The van der Waals surface area contributed by atoms with Gasteiger partial charge in [-0.05, 0) is 42.6 Å². The molecule has 4 nitrogen and oxygen atoms in total. The number of hydrogen-bond acceptors (Lipinski definition) is 4. The van der Waals surface area contributed by atoms with E-state index < -0.39 is 0 Å². The van der Waals surface area contributed by atoms with E-state index in [9.17, 15) is 4.91 Å². The zero-order valence-corrected chi connectivity index (χ0v) is 8.75. The van der Waals surface area contributed by atoms with Crippen LogP contribution in [-0.2, 0) is 6.42 Å². The molecular weight excluding hydrogens is 192 g/mol. The van der Waals surface area contributed by atoms with Gasteiger partial charge in [0.2, 0.25) is 0 Å². The monoisotopic (exact) mass is 206 g/mol. The fraction of sp³-hybridized carbons (Fsp3) is 0.455. The minimum Gasteiger partial charge on any atom is -0.491 e. The zero-order valence-electron chi connectivity index (χ0n) is 8.75. The molecule has 15 heavy (non-hydrogen) atoms. The Morgan fingerprint density at radius 1 is 1.53 bits per heavy atom. The SMILES string of the molecule is CCOc1cc2c(cc1N=O)NCCC2. The Morgan fingerprint density at radius 2 is 2.40 bits per heavy atom. The number of nitrogens with one attached hydrogen (secondary N) is 1. The smallest absolute Gasteiger partial charge is 0.151 e. The summed E-state index contributed by atoms with van der Waals surface area (Å²) in [6, 6.07) is 3.69. The van der Waals surface area contributed by atoms with Gasteiger partial charge in [0.25, 0.3) is 0 Å². The lowest BCUT2D eigenvalue weighted by Crippen LogP contribution is -2.11. The summed E-state index contributed by atoms with van der Waals surface area (Å²) >= 11 is 0. The van der Waals surface area contributed by atoms with Crippen LogP contribution in [0.5, 0.6) is 5.75 Å². The Labute approximate surface area is 88.6 Å². The number of fused-ring (bicyclic) bond motifs is 1. The van der Waals surface area contributed by atoms with Gasteiger partial charge in [0.1, 0.15) is 5.75 Å². The molecule has 1 aromatic rings. The van der Waals surface area contributed by atoms with Crippen LogP contribution in [0.25, 0.3) is 0 Å². The van der Waals surface area contributed by atoms with Crippen LogP contribution < -0.4 is 10.1 Å². The lowest BCUT2D eigenvalue weighted by atomic mass is 10.0. The van der Waals surface area contributed by atoms with Gasteiger partial charge >= 0.3 is 0 Å². The number of ether oxygens (including phenoxy) is 1. The van der Waals surface area contributed by atoms with Gasteiger partial charge in [-0.1, -0.05) is 0 Å². The van der Waals surface area contributed by atoms with Crippen molar-refractivity contribution in [3.8, 4) is 5.75 Å². The predicted octanol–water partition coefficient (Wildman–Crippen LogP) is 2.84. The molecule has 0 fully saturated rings. The van der Waals surface area contributed by atoms with E-state index in [1.807, 2.05) is 13.0 Å². The maximum atomic E-state index is 10.6. The highest BCUT2D eigenvalue weighted by Crippen LogP contribution is 2.35. The summed E-state index contributed by atoms with van der Waals surface area (Å²) in [5.41, 5.74) is 2.60. The second kappa shape index (κ2) is 4.29. The third kappa shape index (κ3) is 1.93. The average molecular weight is 206 g/mol. The molecule has 1 heterocycles. The molecule has 0 radical (unpaired) electrons. The van der Waals surface area contributed by atoms with Crippen molar-refractivity contribution in [2.45, 2.75) is 19.8 Å². The summed E-state index contributed by atoms with van der Waals surface area (Å²) in [5, 5.41) is 6.23. The van der Waals surface area contributed by atoms with Crippen molar-refractivity contribution >= 4 is 11.4 Å². The number of rotatable bonds is 3. The number of anilines is 1. The van der Waals surface area contributed by atoms with Gasteiger partial charge < -0.3 is 10.1 Å². The lowest BCUT2D eigenvalue weighted by molar-refractivity contribution is 0.341. The average Bonchev–Trinajstić information content (AvgIpc) is 2.28. The van der Waals surface area contributed by atoms with Crippen LogP contribution in [-0.4, -0.2) is 13.2 Å². The second-order valence-electron chi connectivity index (χ2n) is 3.53. The van der Waals surface area contributed by atoms with E-state index in [0.29, 0.717) is 18.0 Å². The van der Waals surface area contributed by atoms with Gasteiger partial charge in [-0.15, -0.1) is 4.91 Å². The first-order valence-corrected chi connectivity index (χ1v) is 5.22. The Bertz CT molecular complexity index is 377. The first-order valence-electron chi connectivity index (χ1n) is 5.22. The first kappa shape index (κ1) is 9.96. The molecule has 2 rings (SSSR count). The fourth-order valence-corrected chi connectivity index (χ4v) is 1.83. The molecule has 1 aliphatic rings. The summed E-state index contributed by atoms with van der Waals surface area (Å²) < 4.78 is 5.37. The van der Waals surface area contributed by atoms with Gasteiger partial charge in [0.05, 0.1) is 6.61 Å². The van der Waals surface area contributed by atoms with Gasteiger partial charge in [0.15, 0.2) is 5.69 Å². The van der Waals surface area contributed by atoms with Crippen molar-refractivity contribution in [3.63, 3.8) is 0 Å². The molecule has 1 N–H and O–H groups in total. The van der Waals surface area contributed by atoms with Crippen LogP contribution in [0.4, 0.5) is 11.4 Å². The van der Waals surface area contributed by atoms with Crippen molar-refractivity contribution in [1.29, 1.82) is 0 Å². The Kier molecular flexibility index (Phi) is 2.85. The molecule has 0 saturated heterocycles. The molecule has 1 aliphatic heterocycles. The number of benzene rings is 1. The molecule has 4 heteroatoms. The second-order valence-corrected chi connectivity index (χ2v) is 3.53. The van der Waals surface area contributed by atoms with E-state index in [-0.39, 0.29) is 0 Å². The Morgan fingerprint density at radius 3 is 3.13 bits per heavy atom. The van der Waals surface area contributed by atoms with E-state index in [0.717, 1.165) is 25.1 Å². The number of hydrogen-bond donors (Lipinski definition) is 1. The molecule has 0 unspecified atom stereocenters. The van der Waals surface area contributed by atoms with Gasteiger partial charge in [0, 0.05) is 12.2 Å². The fourth-order valence-electron chi connectivity index (χ4n) is 1.83. The van der Waals surface area contributed by atoms with Gasteiger partial charge in [-0.3, -0.25) is 0 Å². The molecule has 0 aliphatic carbocycles. The highest BCUT2D eigenvalue weighted by molar-refractivity contribution is 5.66. The summed E-state index contributed by atoms with van der Waals surface area (Å²) in [6.07, 6.45) is 2.15. The van der Waals surface area contributed by atoms with Gasteiger partial charge in [-0.25, -0.2) is 0 Å². The number of aryl methyl sites for hydroxylation is 1. The standard InChI is InChI=1S/C11H14N2O2/c1-2-15-11-6-8-4-3-5-12-9(8)7-10(11)13-14/h6-7,12H,2-5H2,1H3. The lowest BCUT2D eigenvalue weighted by Gasteiger charge is -2.19. The Hall–Kier alpha value is -1.58. The van der Waals surface area contributed by atoms with Crippen LogP contribution in [0.1, 0.15) is 18.9 Å². The molecule has 1 aromatic carbocycles. The number of nitrogens with zero attached hydrogens (tertiary/aromatic N) is 1. The van der Waals surface area contributed by atoms with Crippen LogP contribution in [0.3, 0.4) is 0 Å². The van der Waals surface area contributed by atoms with Crippen LogP contribution in [0.2, 0.25) is 0 Å². The van der Waals surface area contributed by atoms with E-state index in [1.54, 1.807) is 6.07 Å². The molecule has 0 saturated carbocycles. The minimum atomic E-state index is 0.380. The summed E-state index contributed by atoms with van der Waals surface area (Å²) in [7, 11) is 0. The molecule has 0 spiro atoms. The van der Waals surface area contributed by atoms with E-state index in [2.05, 4.69) is 10.5 Å². The minimum absolute atomic E-state index is 0.380.